The molecule has 0 aliphatic carbocycles. The van der Waals surface area contributed by atoms with E-state index in [1.165, 1.54) is 11.1 Å². The number of carbonyl (C=O) groups excluding carboxylic acids is 1. The summed E-state index contributed by atoms with van der Waals surface area (Å²) >= 11 is 0. The topological polar surface area (TPSA) is 42.0 Å². The monoisotopic (exact) mass is 236 g/mol. The van der Waals surface area contributed by atoms with Crippen molar-refractivity contribution in [3.63, 3.8) is 0 Å². The van der Waals surface area contributed by atoms with Crippen LogP contribution in [0.5, 0.6) is 0 Å². The van der Waals surface area contributed by atoms with Crippen LogP contribution < -0.4 is 5.32 Å². The van der Waals surface area contributed by atoms with E-state index in [0.29, 0.717) is 6.42 Å². The number of carbonyl (C=O) groups is 1. The zero-order chi connectivity index (χ0) is 13.3. The second-order valence-electron chi connectivity index (χ2n) is 3.36. The lowest BCUT2D eigenvalue weighted by atomic mass is 10.1. The molecule has 1 aliphatic rings. The van der Waals surface area contributed by atoms with E-state index in [2.05, 4.69) is 17.2 Å². The highest BCUT2D eigenvalue weighted by atomic mass is 16.1. The van der Waals surface area contributed by atoms with E-state index in [9.17, 15) is 4.79 Å². The lowest BCUT2D eigenvalue weighted by Gasteiger charge is -2.06. The molecule has 0 saturated carbocycles. The molecule has 17 heavy (non-hydrogen) atoms. The molecule has 0 saturated heterocycles. The minimum Gasteiger partial charge on any atom is -0.310 e. The van der Waals surface area contributed by atoms with Gasteiger partial charge in [0.2, 0.25) is 5.91 Å². The molecule has 0 unspecified atom stereocenters. The first kappa shape index (κ1) is 15.6. The first-order valence-corrected chi connectivity index (χ1v) is 6.52. The smallest absolute Gasteiger partial charge is 0.225 e. The molecule has 96 valence electrons. The van der Waals surface area contributed by atoms with Crippen molar-refractivity contribution in [2.24, 2.45) is 0 Å². The van der Waals surface area contributed by atoms with Crippen molar-refractivity contribution in [2.75, 3.05) is 5.32 Å². The van der Waals surface area contributed by atoms with Gasteiger partial charge in [-0.15, -0.1) is 0 Å². The Balaban J connectivity index is 0.000000581. The van der Waals surface area contributed by atoms with Gasteiger partial charge < -0.3 is 5.32 Å². The molecule has 3 heteroatoms. The molecule has 2 heterocycles. The Morgan fingerprint density at radius 2 is 1.82 bits per heavy atom. The van der Waals surface area contributed by atoms with Gasteiger partial charge in [-0.25, -0.2) is 4.98 Å². The molecular weight excluding hydrogens is 212 g/mol. The Bertz CT molecular complexity index is 348. The highest BCUT2D eigenvalue weighted by molar-refractivity contribution is 5.91. The Labute approximate surface area is 105 Å². The van der Waals surface area contributed by atoms with Gasteiger partial charge in [0.1, 0.15) is 5.82 Å². The Morgan fingerprint density at radius 3 is 2.47 bits per heavy atom. The van der Waals surface area contributed by atoms with Gasteiger partial charge in [0, 0.05) is 12.6 Å². The number of amides is 1. The fourth-order valence-electron chi connectivity index (χ4n) is 1.63. The normalized spacial score (nSPS) is 12.9. The molecule has 2 rings (SSSR count). The van der Waals surface area contributed by atoms with Crippen LogP contribution >= 0.6 is 0 Å². The van der Waals surface area contributed by atoms with Gasteiger partial charge in [-0.05, 0) is 37.0 Å². The molecule has 0 radical (unpaired) electrons. The van der Waals surface area contributed by atoms with Gasteiger partial charge in [-0.1, -0.05) is 27.7 Å². The SMILES string of the molecule is CC.CC.Cc1ccnc2c1CCCC(=O)N2. The third kappa shape index (κ3) is 4.55. The minimum atomic E-state index is 0.0804. The van der Waals surface area contributed by atoms with Crippen LogP contribution in [0.1, 0.15) is 51.7 Å². The first-order chi connectivity index (χ1) is 8.27. The number of rotatable bonds is 0. The highest BCUT2D eigenvalue weighted by Crippen LogP contribution is 2.22. The van der Waals surface area contributed by atoms with Crippen molar-refractivity contribution in [2.45, 2.75) is 53.9 Å². The molecule has 3 nitrogen and oxygen atoms in total. The van der Waals surface area contributed by atoms with Crippen LogP contribution in [-0.2, 0) is 11.2 Å². The predicted molar refractivity (Wildman–Crippen MR) is 73.2 cm³/mol. The van der Waals surface area contributed by atoms with E-state index in [0.717, 1.165) is 18.7 Å². The van der Waals surface area contributed by atoms with Gasteiger partial charge >= 0.3 is 0 Å². The Kier molecular flexibility index (Phi) is 8.03. The van der Waals surface area contributed by atoms with Gasteiger partial charge in [-0.3, -0.25) is 4.79 Å². The maximum Gasteiger partial charge on any atom is 0.225 e. The lowest BCUT2D eigenvalue weighted by molar-refractivity contribution is -0.116. The van der Waals surface area contributed by atoms with Gasteiger partial charge in [-0.2, -0.15) is 0 Å². The molecule has 0 fully saturated rings. The summed E-state index contributed by atoms with van der Waals surface area (Å²) in [5, 5.41) is 2.81. The van der Waals surface area contributed by atoms with Gasteiger partial charge in [0.05, 0.1) is 0 Å². The van der Waals surface area contributed by atoms with Crippen molar-refractivity contribution < 1.29 is 4.79 Å². The van der Waals surface area contributed by atoms with Gasteiger partial charge in [0.15, 0.2) is 0 Å². The van der Waals surface area contributed by atoms with Crippen molar-refractivity contribution in [1.29, 1.82) is 0 Å². The first-order valence-electron chi connectivity index (χ1n) is 6.52. The molecule has 0 aromatic carbocycles. The predicted octanol–water partition coefficient (Wildman–Crippen LogP) is 3.72. The average Bonchev–Trinajstić information content (AvgIpc) is 2.56. The van der Waals surface area contributed by atoms with Crippen LogP contribution in [-0.4, -0.2) is 10.9 Å². The molecule has 1 amide bonds. The second kappa shape index (κ2) is 8.74. The quantitative estimate of drug-likeness (QED) is 0.746. The largest absolute Gasteiger partial charge is 0.310 e. The maximum atomic E-state index is 11.2. The number of fused-ring (bicyclic) bond motifs is 1. The number of nitrogens with one attached hydrogen (secondary N) is 1. The molecular formula is C14H24N2O. The Hall–Kier alpha value is -1.38. The van der Waals surface area contributed by atoms with Crippen molar-refractivity contribution in [1.82, 2.24) is 4.98 Å². The van der Waals surface area contributed by atoms with Crippen molar-refractivity contribution in [3.8, 4) is 0 Å². The van der Waals surface area contributed by atoms with E-state index < -0.39 is 0 Å². The molecule has 1 aromatic rings. The molecule has 1 N–H and O–H groups in total. The van der Waals surface area contributed by atoms with Crippen LogP contribution in [0.2, 0.25) is 0 Å². The van der Waals surface area contributed by atoms with E-state index in [1.54, 1.807) is 6.20 Å². The van der Waals surface area contributed by atoms with E-state index in [1.807, 2.05) is 33.8 Å². The van der Waals surface area contributed by atoms with Crippen LogP contribution in [0.3, 0.4) is 0 Å². The molecule has 1 aromatic heterocycles. The summed E-state index contributed by atoms with van der Waals surface area (Å²) in [6, 6.07) is 1.98. The number of hydrogen-bond acceptors (Lipinski definition) is 2. The van der Waals surface area contributed by atoms with Crippen LogP contribution in [0.25, 0.3) is 0 Å². The summed E-state index contributed by atoms with van der Waals surface area (Å²) in [4.78, 5) is 15.4. The average molecular weight is 236 g/mol. The molecule has 0 atom stereocenters. The number of aryl methyl sites for hydroxylation is 1. The number of nitrogens with zero attached hydrogens (tertiary/aromatic N) is 1. The number of pyridine rings is 1. The number of anilines is 1. The molecule has 1 aliphatic heterocycles. The highest BCUT2D eigenvalue weighted by Gasteiger charge is 2.14. The fraction of sp³-hybridized carbons (Fsp3) is 0.571. The molecule has 0 bridgehead atoms. The lowest BCUT2D eigenvalue weighted by Crippen LogP contribution is -2.10. The van der Waals surface area contributed by atoms with Gasteiger partial charge in [0.25, 0.3) is 0 Å². The number of hydrogen-bond donors (Lipinski definition) is 1. The summed E-state index contributed by atoms with van der Waals surface area (Å²) < 4.78 is 0. The van der Waals surface area contributed by atoms with Crippen LogP contribution in [0.4, 0.5) is 5.82 Å². The van der Waals surface area contributed by atoms with Crippen LogP contribution in [0.15, 0.2) is 12.3 Å². The summed E-state index contributed by atoms with van der Waals surface area (Å²) in [6.07, 6.45) is 4.22. The Morgan fingerprint density at radius 1 is 1.18 bits per heavy atom. The zero-order valence-electron chi connectivity index (χ0n) is 11.6. The summed E-state index contributed by atoms with van der Waals surface area (Å²) in [6.45, 7) is 10.1. The second-order valence-corrected chi connectivity index (χ2v) is 3.36. The third-order valence-corrected chi connectivity index (χ3v) is 2.38. The van der Waals surface area contributed by atoms with E-state index >= 15 is 0 Å². The standard InChI is InChI=1S/C10H12N2O.2C2H6/c1-7-5-6-11-10-8(7)3-2-4-9(13)12-10;2*1-2/h5-6H,2-4H2,1H3,(H,11,12,13);2*1-2H3. The third-order valence-electron chi connectivity index (χ3n) is 2.38. The van der Waals surface area contributed by atoms with Crippen LogP contribution in [0, 0.1) is 6.92 Å². The molecule has 0 spiro atoms. The minimum absolute atomic E-state index is 0.0804. The number of aromatic nitrogens is 1. The summed E-state index contributed by atoms with van der Waals surface area (Å²) in [7, 11) is 0. The fourth-order valence-corrected chi connectivity index (χ4v) is 1.63. The van der Waals surface area contributed by atoms with Crippen molar-refractivity contribution >= 4 is 11.7 Å². The summed E-state index contributed by atoms with van der Waals surface area (Å²) in [5.41, 5.74) is 2.40. The van der Waals surface area contributed by atoms with Crippen molar-refractivity contribution in [3.05, 3.63) is 23.4 Å². The van der Waals surface area contributed by atoms with E-state index in [4.69, 9.17) is 0 Å². The summed E-state index contributed by atoms with van der Waals surface area (Å²) in [5.74, 6) is 0.833. The zero-order valence-corrected chi connectivity index (χ0v) is 11.6. The van der Waals surface area contributed by atoms with E-state index in [-0.39, 0.29) is 5.91 Å². The maximum absolute atomic E-state index is 11.2.